The molecule has 0 radical (unpaired) electrons. The third-order valence-electron chi connectivity index (χ3n) is 12.5. The van der Waals surface area contributed by atoms with Crippen LogP contribution in [-0.4, -0.2) is 94.5 Å². The van der Waals surface area contributed by atoms with E-state index in [1.54, 1.807) is 107 Å². The normalized spacial score (nSPS) is 11.7. The fraction of sp³-hybridized carbons (Fsp3) is 0.190. The Labute approximate surface area is 490 Å². The lowest BCUT2D eigenvalue weighted by Crippen LogP contribution is -2.14. The molecule has 0 atom stereocenters. The summed E-state index contributed by atoms with van der Waals surface area (Å²) in [6, 6.07) is 37.6. The highest BCUT2D eigenvalue weighted by atomic mass is 32.2. The standard InChI is InChI=1S/C21H22F3N4O3PS.C19H21N4OP.C18H18N5O3P/c1-32(2,29)16-9-7-15(8-10-16)27-20-26-13-18(21(22,23)24)19(28-20)25-12-14-5-4-6-17(11-14)33(3,30)31;1-13-4-7-15(20)12-18(13)23-19-21-11-10-17(22-19)14-5-8-16(9-6-14)25(2,3)24;1-12-4-6-14(23(24)25)10-16(12)22-18-19-9-8-15(21-18)13-5-7-17(20-11-13)27(2,3)26/h4-11,13H,12H2,1-3H3,(H2,25,26,27,28);4-12H,20H2,1-3H3,(H,21,22,23);4-11H,1-3H3,(H,19,21,22). The first kappa shape index (κ1) is 63.9. The molecule has 0 unspecified atom stereocenters. The molecule has 0 aliphatic heterocycles. The van der Waals surface area contributed by atoms with E-state index in [0.717, 1.165) is 45.2 Å². The highest BCUT2D eigenvalue weighted by Gasteiger charge is 2.35. The number of aromatic nitrogens is 7. The van der Waals surface area contributed by atoms with Gasteiger partial charge in [-0.15, -0.1) is 0 Å². The highest BCUT2D eigenvalue weighted by Crippen LogP contribution is 2.38. The monoisotopic (exact) mass is 1230 g/mol. The van der Waals surface area contributed by atoms with Crippen molar-refractivity contribution >= 4 is 99.4 Å². The molecule has 20 nitrogen and oxygen atoms in total. The average Bonchev–Trinajstić information content (AvgIpc) is 3.47. The van der Waals surface area contributed by atoms with Crippen molar-refractivity contribution in [2.24, 2.45) is 0 Å². The number of rotatable bonds is 16. The Morgan fingerprint density at radius 3 is 1.67 bits per heavy atom. The van der Waals surface area contributed by atoms with Gasteiger partial charge in [-0.3, -0.25) is 15.1 Å². The van der Waals surface area contributed by atoms with Crippen molar-refractivity contribution in [3.8, 4) is 22.5 Å². The smallest absolute Gasteiger partial charge is 0.399 e. The third-order valence-corrected chi connectivity index (χ3v) is 18.1. The molecule has 0 saturated heterocycles. The number of nitrogens with one attached hydrogen (secondary N) is 4. The minimum absolute atomic E-state index is 0.0115. The summed E-state index contributed by atoms with van der Waals surface area (Å²) in [7, 11) is -10.6. The zero-order valence-corrected chi connectivity index (χ0v) is 51.1. The molecule has 5 aromatic carbocycles. The summed E-state index contributed by atoms with van der Waals surface area (Å²) in [5.74, 6) is 0.302. The maximum atomic E-state index is 13.5. The number of non-ortho nitro benzene ring substituents is 1. The number of nitrogens with two attached hydrogens (primary N) is 1. The van der Waals surface area contributed by atoms with Gasteiger partial charge in [0.2, 0.25) is 17.8 Å². The van der Waals surface area contributed by atoms with Crippen molar-refractivity contribution in [1.82, 2.24) is 34.9 Å². The predicted octanol–water partition coefficient (Wildman–Crippen LogP) is 12.3. The van der Waals surface area contributed by atoms with E-state index in [1.807, 2.05) is 68.4 Å². The van der Waals surface area contributed by atoms with Crippen LogP contribution in [0.1, 0.15) is 22.3 Å². The first-order valence-electron chi connectivity index (χ1n) is 25.7. The molecule has 442 valence electrons. The Hall–Kier alpha value is -8.68. The number of halogens is 3. The van der Waals surface area contributed by atoms with E-state index in [2.05, 4.69) is 56.2 Å². The quantitative estimate of drug-likeness (QED) is 0.0260. The predicted molar refractivity (Wildman–Crippen MR) is 334 cm³/mol. The Morgan fingerprint density at radius 1 is 0.600 bits per heavy atom. The van der Waals surface area contributed by atoms with Crippen molar-refractivity contribution in [3.63, 3.8) is 0 Å². The number of nitrogen functional groups attached to an aromatic ring is 1. The van der Waals surface area contributed by atoms with Gasteiger partial charge in [-0.25, -0.2) is 33.3 Å². The molecular formula is C58H61F3N13O7P3S. The number of hydrogen-bond donors (Lipinski definition) is 5. The summed E-state index contributed by atoms with van der Waals surface area (Å²) in [4.78, 5) is 40.0. The van der Waals surface area contributed by atoms with Crippen LogP contribution in [0.25, 0.3) is 22.5 Å². The minimum atomic E-state index is -4.69. The Bertz CT molecular complexity index is 4150. The van der Waals surface area contributed by atoms with Crippen LogP contribution in [0.15, 0.2) is 163 Å². The lowest BCUT2D eigenvalue weighted by atomic mass is 10.1. The minimum Gasteiger partial charge on any atom is -0.399 e. The highest BCUT2D eigenvalue weighted by molar-refractivity contribution is 7.90. The molecule has 0 spiro atoms. The maximum absolute atomic E-state index is 13.5. The molecule has 6 N–H and O–H groups in total. The summed E-state index contributed by atoms with van der Waals surface area (Å²) in [5, 5.41) is 24.2. The Kier molecular flexibility index (Phi) is 19.9. The molecule has 0 aliphatic rings. The van der Waals surface area contributed by atoms with Gasteiger partial charge in [-0.05, 0) is 143 Å². The number of benzene rings is 5. The van der Waals surface area contributed by atoms with Crippen molar-refractivity contribution in [2.45, 2.75) is 31.5 Å². The molecule has 0 aliphatic carbocycles. The van der Waals surface area contributed by atoms with Gasteiger partial charge < -0.3 is 40.7 Å². The summed E-state index contributed by atoms with van der Waals surface area (Å²) in [6.45, 7) is 13.9. The van der Waals surface area contributed by atoms with Crippen molar-refractivity contribution in [1.29, 1.82) is 0 Å². The summed E-state index contributed by atoms with van der Waals surface area (Å²) in [6.07, 6.45) is 1.96. The largest absolute Gasteiger partial charge is 0.421 e. The topological polar surface area (TPSA) is 293 Å². The van der Waals surface area contributed by atoms with Crippen LogP contribution in [0, 0.1) is 24.0 Å². The van der Waals surface area contributed by atoms with Crippen LogP contribution in [-0.2, 0) is 36.3 Å². The Morgan fingerprint density at radius 2 is 1.14 bits per heavy atom. The number of hydrogen-bond acceptors (Lipinski definition) is 19. The van der Waals surface area contributed by atoms with E-state index in [0.29, 0.717) is 57.2 Å². The first-order chi connectivity index (χ1) is 39.8. The Balaban J connectivity index is 0.000000185. The third kappa shape index (κ3) is 18.2. The SMILES string of the molecule is CP(C)(=O)c1ccc(Nc2ncc(C(F)(F)F)c(NCc3cccc(S(C)(=O)=O)c3)n2)cc1.Cc1ccc(N)cc1Nc1nccc(-c2ccc(P(C)(C)=O)cc2)n1.Cc1ccc([N+](=O)[O-])cc1Nc1nccc(-c2ccc(P(C)(C)=O)nc2)n1. The van der Waals surface area contributed by atoms with E-state index in [-0.39, 0.29) is 23.1 Å². The van der Waals surface area contributed by atoms with Gasteiger partial charge >= 0.3 is 6.18 Å². The summed E-state index contributed by atoms with van der Waals surface area (Å²) >= 11 is 0. The molecule has 0 amide bonds. The number of anilines is 8. The molecular weight excluding hydrogens is 1170 g/mol. The second-order valence-corrected chi connectivity index (χ2v) is 32.1. The average molecular weight is 1230 g/mol. The number of nitrogens with zero attached hydrogens (tertiary/aromatic N) is 8. The van der Waals surface area contributed by atoms with Crippen LogP contribution in [0.3, 0.4) is 0 Å². The molecule has 0 saturated carbocycles. The molecule has 9 rings (SSSR count). The van der Waals surface area contributed by atoms with Crippen LogP contribution >= 0.6 is 21.4 Å². The van der Waals surface area contributed by atoms with E-state index in [9.17, 15) is 45.4 Å². The van der Waals surface area contributed by atoms with E-state index in [1.165, 1.54) is 30.3 Å². The fourth-order valence-electron chi connectivity index (χ4n) is 7.77. The number of pyridine rings is 1. The van der Waals surface area contributed by atoms with Crippen LogP contribution in [0.2, 0.25) is 0 Å². The fourth-order valence-corrected chi connectivity index (χ4v) is 11.0. The summed E-state index contributed by atoms with van der Waals surface area (Å²) in [5.41, 5.74) is 13.5. The second-order valence-electron chi connectivity index (χ2n) is 20.5. The van der Waals surface area contributed by atoms with Gasteiger partial charge in [0, 0.05) is 88.5 Å². The molecule has 4 heterocycles. The number of aryl methyl sites for hydroxylation is 2. The van der Waals surface area contributed by atoms with Crippen molar-refractivity contribution in [2.75, 3.05) is 73.2 Å². The number of sulfone groups is 1. The molecule has 9 aromatic rings. The number of alkyl halides is 3. The number of nitro benzene ring substituents is 1. The lowest BCUT2D eigenvalue weighted by molar-refractivity contribution is -0.384. The zero-order chi connectivity index (χ0) is 62.1. The van der Waals surface area contributed by atoms with Gasteiger partial charge in [0.25, 0.3) is 5.69 Å². The van der Waals surface area contributed by atoms with Gasteiger partial charge in [-0.1, -0.05) is 48.5 Å². The van der Waals surface area contributed by atoms with Gasteiger partial charge in [0.05, 0.1) is 32.3 Å². The van der Waals surface area contributed by atoms with Gasteiger partial charge in [-0.2, -0.15) is 18.2 Å². The molecule has 0 fully saturated rings. The number of nitro groups is 1. The molecule has 27 heteroatoms. The van der Waals surface area contributed by atoms with Gasteiger partial charge in [0.15, 0.2) is 9.84 Å². The second kappa shape index (κ2) is 26.5. The van der Waals surface area contributed by atoms with Crippen molar-refractivity contribution < 1.29 is 40.2 Å². The molecule has 4 aromatic heterocycles. The van der Waals surface area contributed by atoms with Gasteiger partial charge in [0.1, 0.15) is 32.8 Å². The van der Waals surface area contributed by atoms with Crippen LogP contribution in [0.5, 0.6) is 0 Å². The van der Waals surface area contributed by atoms with E-state index < -0.39 is 53.7 Å². The molecule has 0 bridgehead atoms. The van der Waals surface area contributed by atoms with E-state index >= 15 is 0 Å². The van der Waals surface area contributed by atoms with Crippen molar-refractivity contribution in [3.05, 3.63) is 191 Å². The maximum Gasteiger partial charge on any atom is 0.421 e. The summed E-state index contributed by atoms with van der Waals surface area (Å²) < 4.78 is 100. The van der Waals surface area contributed by atoms with Crippen LogP contribution in [0.4, 0.5) is 65.3 Å². The van der Waals surface area contributed by atoms with Crippen LogP contribution < -0.4 is 43.0 Å². The zero-order valence-electron chi connectivity index (χ0n) is 47.6. The first-order valence-corrected chi connectivity index (χ1v) is 35.4. The van der Waals surface area contributed by atoms with E-state index in [4.69, 9.17) is 5.73 Å². The lowest BCUT2D eigenvalue weighted by Gasteiger charge is -2.15. The molecule has 85 heavy (non-hydrogen) atoms.